The minimum absolute atomic E-state index is 0.0425. The van der Waals surface area contributed by atoms with Crippen LogP contribution in [0, 0.1) is 5.92 Å². The normalized spacial score (nSPS) is 15.2. The number of aromatic nitrogens is 1. The smallest absolute Gasteiger partial charge is 0.227 e. The van der Waals surface area contributed by atoms with Crippen molar-refractivity contribution in [2.75, 3.05) is 25.5 Å². The fourth-order valence-corrected chi connectivity index (χ4v) is 4.40. The lowest BCUT2D eigenvalue weighted by atomic mass is 9.95. The van der Waals surface area contributed by atoms with Crippen LogP contribution in [0.15, 0.2) is 60.1 Å². The lowest BCUT2D eigenvalue weighted by Gasteiger charge is -2.30. The highest BCUT2D eigenvalue weighted by Gasteiger charge is 2.25. The van der Waals surface area contributed by atoms with Crippen LogP contribution in [0.3, 0.4) is 0 Å². The van der Waals surface area contributed by atoms with Crippen molar-refractivity contribution in [1.82, 2.24) is 9.88 Å². The standard InChI is InChI=1S/C23H25N3O2S/c1-28-19-6-4-5-18(15-19)20-7-2-3-8-21(20)25-23(27)17-9-12-26(13-10-17)16-22-24-11-14-29-22/h2-8,11,14-15,17H,9-10,12-13,16H2,1H3,(H,25,27). The third-order valence-corrected chi connectivity index (χ3v) is 6.13. The zero-order valence-corrected chi connectivity index (χ0v) is 17.3. The van der Waals surface area contributed by atoms with E-state index in [4.69, 9.17) is 4.74 Å². The number of hydrogen-bond donors (Lipinski definition) is 1. The first-order valence-corrected chi connectivity index (χ1v) is 10.8. The van der Waals surface area contributed by atoms with Gasteiger partial charge in [-0.3, -0.25) is 9.69 Å². The van der Waals surface area contributed by atoms with Crippen LogP contribution in [0.4, 0.5) is 5.69 Å². The monoisotopic (exact) mass is 407 g/mol. The van der Waals surface area contributed by atoms with Crippen LogP contribution in [-0.2, 0) is 11.3 Å². The van der Waals surface area contributed by atoms with Crippen molar-refractivity contribution in [3.63, 3.8) is 0 Å². The maximum atomic E-state index is 12.9. The number of piperidine rings is 1. The van der Waals surface area contributed by atoms with Gasteiger partial charge in [0, 0.05) is 28.7 Å². The molecule has 0 saturated carbocycles. The van der Waals surface area contributed by atoms with E-state index in [0.717, 1.165) is 60.0 Å². The fraction of sp³-hybridized carbons (Fsp3) is 0.304. The molecule has 1 fully saturated rings. The van der Waals surface area contributed by atoms with Gasteiger partial charge < -0.3 is 10.1 Å². The molecule has 0 aliphatic carbocycles. The predicted octanol–water partition coefficient (Wildman–Crippen LogP) is 4.67. The third kappa shape index (κ3) is 4.83. The summed E-state index contributed by atoms with van der Waals surface area (Å²) in [5.74, 6) is 0.950. The minimum Gasteiger partial charge on any atom is -0.497 e. The van der Waals surface area contributed by atoms with Gasteiger partial charge in [0.05, 0.1) is 13.7 Å². The SMILES string of the molecule is COc1cccc(-c2ccccc2NC(=O)C2CCN(Cc3nccs3)CC2)c1. The molecule has 0 spiro atoms. The molecule has 1 aliphatic rings. The van der Waals surface area contributed by atoms with E-state index in [1.165, 1.54) is 0 Å². The van der Waals surface area contributed by atoms with Gasteiger partial charge in [0.15, 0.2) is 0 Å². The number of benzene rings is 2. The highest BCUT2D eigenvalue weighted by Crippen LogP contribution is 2.31. The van der Waals surface area contributed by atoms with Crippen molar-refractivity contribution in [1.29, 1.82) is 0 Å². The Labute approximate surface area is 175 Å². The van der Waals surface area contributed by atoms with Crippen LogP contribution in [0.25, 0.3) is 11.1 Å². The van der Waals surface area contributed by atoms with Gasteiger partial charge >= 0.3 is 0 Å². The second-order valence-electron chi connectivity index (χ2n) is 7.24. The van der Waals surface area contributed by atoms with Crippen LogP contribution < -0.4 is 10.1 Å². The predicted molar refractivity (Wildman–Crippen MR) is 117 cm³/mol. The third-order valence-electron chi connectivity index (χ3n) is 5.37. The number of nitrogens with one attached hydrogen (secondary N) is 1. The molecule has 3 aromatic rings. The fourth-order valence-electron chi connectivity index (χ4n) is 3.74. The largest absolute Gasteiger partial charge is 0.497 e. The summed E-state index contributed by atoms with van der Waals surface area (Å²) in [7, 11) is 1.66. The van der Waals surface area contributed by atoms with Crippen LogP contribution in [0.1, 0.15) is 17.8 Å². The molecule has 150 valence electrons. The summed E-state index contributed by atoms with van der Waals surface area (Å²) in [6.45, 7) is 2.73. The first kappa shape index (κ1) is 19.6. The summed E-state index contributed by atoms with van der Waals surface area (Å²) in [5, 5.41) is 6.32. The second-order valence-corrected chi connectivity index (χ2v) is 8.22. The maximum absolute atomic E-state index is 12.9. The van der Waals surface area contributed by atoms with E-state index in [2.05, 4.69) is 15.2 Å². The van der Waals surface area contributed by atoms with Gasteiger partial charge in [-0.1, -0.05) is 30.3 Å². The molecular formula is C23H25N3O2S. The molecule has 5 nitrogen and oxygen atoms in total. The summed E-state index contributed by atoms with van der Waals surface area (Å²) in [6, 6.07) is 15.8. The van der Waals surface area contributed by atoms with Gasteiger partial charge in [0.25, 0.3) is 0 Å². The molecule has 1 N–H and O–H groups in total. The molecule has 1 aliphatic heterocycles. The summed E-state index contributed by atoms with van der Waals surface area (Å²) in [5.41, 5.74) is 2.87. The molecule has 0 radical (unpaired) electrons. The molecule has 6 heteroatoms. The number of rotatable bonds is 6. The number of hydrogen-bond acceptors (Lipinski definition) is 5. The summed E-state index contributed by atoms with van der Waals surface area (Å²) in [6.07, 6.45) is 3.59. The highest BCUT2D eigenvalue weighted by molar-refractivity contribution is 7.09. The van der Waals surface area contributed by atoms with E-state index in [0.29, 0.717) is 0 Å². The van der Waals surface area contributed by atoms with E-state index in [1.807, 2.05) is 60.1 Å². The van der Waals surface area contributed by atoms with Crippen molar-refractivity contribution in [2.24, 2.45) is 5.92 Å². The number of thiazole rings is 1. The van der Waals surface area contributed by atoms with Gasteiger partial charge in [-0.15, -0.1) is 11.3 Å². The Hall–Kier alpha value is -2.70. The number of carbonyl (C=O) groups is 1. The van der Waals surface area contributed by atoms with E-state index in [9.17, 15) is 4.79 Å². The molecule has 2 aromatic carbocycles. The second kappa shape index (κ2) is 9.20. The molecule has 1 aromatic heterocycles. The molecule has 0 bridgehead atoms. The number of carbonyl (C=O) groups excluding carboxylic acids is 1. The first-order chi connectivity index (χ1) is 14.2. The molecule has 2 heterocycles. The Balaban J connectivity index is 1.40. The van der Waals surface area contributed by atoms with E-state index >= 15 is 0 Å². The number of para-hydroxylation sites is 1. The minimum atomic E-state index is 0.0425. The number of nitrogens with zero attached hydrogens (tertiary/aromatic N) is 2. The zero-order chi connectivity index (χ0) is 20.1. The number of methoxy groups -OCH3 is 1. The van der Waals surface area contributed by atoms with E-state index in [1.54, 1.807) is 18.4 Å². The molecule has 0 unspecified atom stereocenters. The average Bonchev–Trinajstić information content (AvgIpc) is 3.28. The van der Waals surface area contributed by atoms with Gasteiger partial charge in [-0.2, -0.15) is 0 Å². The lowest BCUT2D eigenvalue weighted by molar-refractivity contribution is -0.121. The van der Waals surface area contributed by atoms with Crippen molar-refractivity contribution in [3.05, 3.63) is 65.1 Å². The van der Waals surface area contributed by atoms with E-state index < -0.39 is 0 Å². The van der Waals surface area contributed by atoms with Gasteiger partial charge in [0.2, 0.25) is 5.91 Å². The lowest BCUT2D eigenvalue weighted by Crippen LogP contribution is -2.37. The Morgan fingerprint density at radius 1 is 1.21 bits per heavy atom. The highest BCUT2D eigenvalue weighted by atomic mass is 32.1. The molecule has 0 atom stereocenters. The van der Waals surface area contributed by atoms with Crippen LogP contribution in [0.5, 0.6) is 5.75 Å². The maximum Gasteiger partial charge on any atom is 0.227 e. The van der Waals surface area contributed by atoms with Crippen molar-refractivity contribution in [3.8, 4) is 16.9 Å². The van der Waals surface area contributed by atoms with Gasteiger partial charge in [-0.05, 0) is 49.7 Å². The van der Waals surface area contributed by atoms with Crippen molar-refractivity contribution in [2.45, 2.75) is 19.4 Å². The van der Waals surface area contributed by atoms with Crippen LogP contribution >= 0.6 is 11.3 Å². The van der Waals surface area contributed by atoms with Gasteiger partial charge in [-0.25, -0.2) is 4.98 Å². The summed E-state index contributed by atoms with van der Waals surface area (Å²) >= 11 is 1.69. The first-order valence-electron chi connectivity index (χ1n) is 9.88. The molecule has 4 rings (SSSR count). The molecular weight excluding hydrogens is 382 g/mol. The molecule has 1 amide bonds. The Morgan fingerprint density at radius 2 is 2.03 bits per heavy atom. The van der Waals surface area contributed by atoms with Crippen LogP contribution in [0.2, 0.25) is 0 Å². The van der Waals surface area contributed by atoms with Gasteiger partial charge in [0.1, 0.15) is 10.8 Å². The Morgan fingerprint density at radius 3 is 2.79 bits per heavy atom. The topological polar surface area (TPSA) is 54.5 Å². The number of ether oxygens (including phenoxy) is 1. The number of anilines is 1. The molecule has 1 saturated heterocycles. The summed E-state index contributed by atoms with van der Waals surface area (Å²) in [4.78, 5) is 19.7. The van der Waals surface area contributed by atoms with Crippen LogP contribution in [-0.4, -0.2) is 36.0 Å². The van der Waals surface area contributed by atoms with E-state index in [-0.39, 0.29) is 11.8 Å². The Bertz CT molecular complexity index is 950. The number of amides is 1. The average molecular weight is 408 g/mol. The summed E-state index contributed by atoms with van der Waals surface area (Å²) < 4.78 is 5.34. The number of likely N-dealkylation sites (tertiary alicyclic amines) is 1. The van der Waals surface area contributed by atoms with Crippen molar-refractivity contribution >= 4 is 22.9 Å². The molecule has 29 heavy (non-hydrogen) atoms. The van der Waals surface area contributed by atoms with Crippen molar-refractivity contribution < 1.29 is 9.53 Å². The Kier molecular flexibility index (Phi) is 6.22. The zero-order valence-electron chi connectivity index (χ0n) is 16.5. The quantitative estimate of drug-likeness (QED) is 0.645.